The van der Waals surface area contributed by atoms with Gasteiger partial charge in [-0.15, -0.1) is 0 Å². The molecular weight excluding hydrogens is 272 g/mol. The van der Waals surface area contributed by atoms with Crippen LogP contribution in [0.3, 0.4) is 0 Å². The van der Waals surface area contributed by atoms with E-state index in [2.05, 4.69) is 4.98 Å². The number of carboxylic acid groups (broad SMARTS) is 1. The number of nitrogens with zero attached hydrogens (tertiary/aromatic N) is 1. The van der Waals surface area contributed by atoms with Gasteiger partial charge < -0.3 is 14.8 Å². The number of aromatic amines is 1. The Kier molecular flexibility index (Phi) is 3.79. The maximum atomic E-state index is 12.1. The highest BCUT2D eigenvalue weighted by Crippen LogP contribution is 2.19. The Morgan fingerprint density at radius 2 is 2.29 bits per heavy atom. The molecule has 2 heterocycles. The second kappa shape index (κ2) is 5.73. The van der Waals surface area contributed by atoms with Crippen molar-refractivity contribution >= 4 is 17.0 Å². The Hall–Kier alpha value is -2.08. The van der Waals surface area contributed by atoms with Crippen LogP contribution in [0.1, 0.15) is 36.0 Å². The van der Waals surface area contributed by atoms with Crippen LogP contribution in [-0.4, -0.2) is 33.3 Å². The van der Waals surface area contributed by atoms with Crippen LogP contribution in [0.4, 0.5) is 0 Å². The average Bonchev–Trinajstić information content (AvgIpc) is 2.81. The van der Waals surface area contributed by atoms with Gasteiger partial charge in [0.1, 0.15) is 0 Å². The number of hydrogen-bond acceptors (Lipinski definition) is 3. The molecule has 1 saturated heterocycles. The van der Waals surface area contributed by atoms with Crippen LogP contribution in [0.25, 0.3) is 11.0 Å². The number of carbonyl (C=O) groups is 1. The summed E-state index contributed by atoms with van der Waals surface area (Å²) in [6, 6.07) is 4.92. The van der Waals surface area contributed by atoms with Gasteiger partial charge in [0.2, 0.25) is 0 Å². The van der Waals surface area contributed by atoms with Gasteiger partial charge in [0.25, 0.3) is 0 Å². The zero-order valence-electron chi connectivity index (χ0n) is 11.7. The molecular formula is C15H18N2O4. The molecule has 1 aromatic heterocycles. The van der Waals surface area contributed by atoms with E-state index in [4.69, 9.17) is 9.84 Å². The molecule has 1 fully saturated rings. The van der Waals surface area contributed by atoms with E-state index < -0.39 is 5.97 Å². The van der Waals surface area contributed by atoms with Crippen molar-refractivity contribution < 1.29 is 14.6 Å². The summed E-state index contributed by atoms with van der Waals surface area (Å²) in [4.78, 5) is 25.9. The van der Waals surface area contributed by atoms with E-state index in [9.17, 15) is 9.59 Å². The van der Waals surface area contributed by atoms with Crippen LogP contribution in [0.15, 0.2) is 23.0 Å². The van der Waals surface area contributed by atoms with E-state index in [0.29, 0.717) is 17.6 Å². The van der Waals surface area contributed by atoms with E-state index in [0.717, 1.165) is 32.3 Å². The Bertz CT molecular complexity index is 710. The largest absolute Gasteiger partial charge is 0.478 e. The van der Waals surface area contributed by atoms with Crippen molar-refractivity contribution in [3.8, 4) is 0 Å². The maximum absolute atomic E-state index is 12.1. The number of hydrogen-bond donors (Lipinski definition) is 2. The van der Waals surface area contributed by atoms with Gasteiger partial charge >= 0.3 is 11.7 Å². The van der Waals surface area contributed by atoms with Crippen LogP contribution in [0, 0.1) is 0 Å². The van der Waals surface area contributed by atoms with Crippen LogP contribution in [0.5, 0.6) is 0 Å². The summed E-state index contributed by atoms with van der Waals surface area (Å²) in [5.74, 6) is -1.04. The number of aromatic carboxylic acids is 1. The summed E-state index contributed by atoms with van der Waals surface area (Å²) < 4.78 is 7.27. The smallest absolute Gasteiger partial charge is 0.337 e. The minimum absolute atomic E-state index is 0.122. The lowest BCUT2D eigenvalue weighted by Crippen LogP contribution is -2.24. The second-order valence-electron chi connectivity index (χ2n) is 5.36. The summed E-state index contributed by atoms with van der Waals surface area (Å²) in [7, 11) is 0. The van der Waals surface area contributed by atoms with Crippen LogP contribution < -0.4 is 5.69 Å². The molecule has 0 spiro atoms. The molecule has 0 bridgehead atoms. The molecule has 6 nitrogen and oxygen atoms in total. The number of fused-ring (bicyclic) bond motifs is 1. The Labute approximate surface area is 121 Å². The highest BCUT2D eigenvalue weighted by Gasteiger charge is 2.17. The normalized spacial score (nSPS) is 19.0. The van der Waals surface area contributed by atoms with E-state index in [1.165, 1.54) is 6.07 Å². The van der Waals surface area contributed by atoms with E-state index in [-0.39, 0.29) is 17.4 Å². The van der Waals surface area contributed by atoms with Crippen molar-refractivity contribution in [2.45, 2.75) is 38.3 Å². The topological polar surface area (TPSA) is 84.3 Å². The summed E-state index contributed by atoms with van der Waals surface area (Å²) in [5.41, 5.74) is 0.877. The molecule has 1 unspecified atom stereocenters. The number of aromatic nitrogens is 2. The molecule has 6 heteroatoms. The highest BCUT2D eigenvalue weighted by atomic mass is 16.5. The molecule has 0 amide bonds. The number of rotatable bonds is 4. The second-order valence-corrected chi connectivity index (χ2v) is 5.36. The molecule has 1 aliphatic heterocycles. The third-order valence-corrected chi connectivity index (χ3v) is 3.99. The Balaban J connectivity index is 1.88. The van der Waals surface area contributed by atoms with Gasteiger partial charge in [0.15, 0.2) is 0 Å². The first-order chi connectivity index (χ1) is 10.2. The fourth-order valence-corrected chi connectivity index (χ4v) is 2.89. The number of imidazole rings is 1. The van der Waals surface area contributed by atoms with Crippen LogP contribution in [-0.2, 0) is 11.3 Å². The van der Waals surface area contributed by atoms with Crippen molar-refractivity contribution in [2.24, 2.45) is 0 Å². The lowest BCUT2D eigenvalue weighted by atomic mass is 10.1. The Morgan fingerprint density at radius 3 is 3.00 bits per heavy atom. The van der Waals surface area contributed by atoms with Crippen molar-refractivity contribution in [3.05, 3.63) is 34.2 Å². The first-order valence-electron chi connectivity index (χ1n) is 7.23. The minimum atomic E-state index is -1.04. The number of nitrogens with one attached hydrogen (secondary N) is 1. The molecule has 0 saturated carbocycles. The average molecular weight is 290 g/mol. The quantitative estimate of drug-likeness (QED) is 0.901. The highest BCUT2D eigenvalue weighted by molar-refractivity contribution is 6.00. The number of para-hydroxylation sites is 1. The third-order valence-electron chi connectivity index (χ3n) is 3.99. The van der Waals surface area contributed by atoms with Crippen molar-refractivity contribution in [1.82, 2.24) is 9.55 Å². The zero-order valence-corrected chi connectivity index (χ0v) is 11.7. The Morgan fingerprint density at radius 1 is 1.43 bits per heavy atom. The summed E-state index contributed by atoms with van der Waals surface area (Å²) in [6.45, 7) is 1.32. The first kappa shape index (κ1) is 13.9. The number of ether oxygens (including phenoxy) is 1. The van der Waals surface area contributed by atoms with Crippen molar-refractivity contribution in [1.29, 1.82) is 0 Å². The molecule has 2 N–H and O–H groups in total. The minimum Gasteiger partial charge on any atom is -0.478 e. The van der Waals surface area contributed by atoms with Crippen LogP contribution in [0.2, 0.25) is 0 Å². The van der Waals surface area contributed by atoms with Gasteiger partial charge in [-0.3, -0.25) is 4.57 Å². The number of aryl methyl sites for hydroxylation is 1. The molecule has 2 aromatic rings. The van der Waals surface area contributed by atoms with Gasteiger partial charge in [0, 0.05) is 13.2 Å². The number of carboxylic acids is 1. The predicted octanol–water partition coefficient (Wildman–Crippen LogP) is 1.99. The molecule has 1 aromatic carbocycles. The van der Waals surface area contributed by atoms with Crippen LogP contribution >= 0.6 is 0 Å². The number of benzene rings is 1. The van der Waals surface area contributed by atoms with Gasteiger partial charge in [-0.1, -0.05) is 6.07 Å². The van der Waals surface area contributed by atoms with Crippen molar-refractivity contribution in [3.63, 3.8) is 0 Å². The summed E-state index contributed by atoms with van der Waals surface area (Å²) >= 11 is 0. The standard InChI is InChI=1S/C15H18N2O4/c18-14(19)11-5-3-6-12-13(11)16-15(20)17(12)8-7-10-4-1-2-9-21-10/h3,5-6,10H,1-2,4,7-9H2,(H,16,20)(H,18,19). The third kappa shape index (κ3) is 2.71. The molecule has 112 valence electrons. The number of H-pyrrole nitrogens is 1. The van der Waals surface area contributed by atoms with Gasteiger partial charge in [-0.2, -0.15) is 0 Å². The molecule has 3 rings (SSSR count). The van der Waals surface area contributed by atoms with Gasteiger partial charge in [-0.05, 0) is 37.8 Å². The maximum Gasteiger partial charge on any atom is 0.337 e. The summed E-state index contributed by atoms with van der Waals surface area (Å²) in [5, 5.41) is 9.17. The fourth-order valence-electron chi connectivity index (χ4n) is 2.89. The first-order valence-corrected chi connectivity index (χ1v) is 7.23. The monoisotopic (exact) mass is 290 g/mol. The van der Waals surface area contributed by atoms with Gasteiger partial charge in [-0.25, -0.2) is 9.59 Å². The van der Waals surface area contributed by atoms with E-state index in [1.807, 2.05) is 0 Å². The summed E-state index contributed by atoms with van der Waals surface area (Å²) in [6.07, 6.45) is 4.25. The molecule has 0 radical (unpaired) electrons. The predicted molar refractivity (Wildman–Crippen MR) is 77.7 cm³/mol. The molecule has 1 aliphatic rings. The van der Waals surface area contributed by atoms with Crippen molar-refractivity contribution in [2.75, 3.05) is 6.61 Å². The fraction of sp³-hybridized carbons (Fsp3) is 0.467. The van der Waals surface area contributed by atoms with Gasteiger partial charge in [0.05, 0.1) is 22.7 Å². The lowest BCUT2D eigenvalue weighted by molar-refractivity contribution is 0.00885. The molecule has 0 aliphatic carbocycles. The SMILES string of the molecule is O=C(O)c1cccc2c1[nH]c(=O)n2CCC1CCCCO1. The zero-order chi connectivity index (χ0) is 14.8. The lowest BCUT2D eigenvalue weighted by Gasteiger charge is -2.22. The van der Waals surface area contributed by atoms with E-state index in [1.54, 1.807) is 16.7 Å². The van der Waals surface area contributed by atoms with E-state index >= 15 is 0 Å². The molecule has 1 atom stereocenters. The molecule has 21 heavy (non-hydrogen) atoms.